The maximum absolute atomic E-state index is 5.64. The van der Waals surface area contributed by atoms with Crippen LogP contribution in [0, 0.1) is 5.92 Å². The SMILES string of the molecule is CCCC(CCN)CCc1nc(C(C)C)n[nH]1. The molecule has 4 nitrogen and oxygen atoms in total. The number of nitrogens with one attached hydrogen (secondary N) is 1. The van der Waals surface area contributed by atoms with E-state index < -0.39 is 0 Å². The lowest BCUT2D eigenvalue weighted by atomic mass is 9.94. The van der Waals surface area contributed by atoms with Crippen molar-refractivity contribution in [3.05, 3.63) is 11.6 Å². The van der Waals surface area contributed by atoms with Crippen LogP contribution in [-0.4, -0.2) is 21.7 Å². The summed E-state index contributed by atoms with van der Waals surface area (Å²) in [5.74, 6) is 3.07. The maximum atomic E-state index is 5.64. The molecule has 1 rings (SSSR count). The van der Waals surface area contributed by atoms with Gasteiger partial charge in [0.25, 0.3) is 0 Å². The molecule has 1 aromatic rings. The molecule has 1 unspecified atom stereocenters. The highest BCUT2D eigenvalue weighted by molar-refractivity contribution is 4.95. The van der Waals surface area contributed by atoms with Crippen LogP contribution in [0.15, 0.2) is 0 Å². The fourth-order valence-electron chi connectivity index (χ4n) is 2.10. The second kappa shape index (κ2) is 7.43. The Balaban J connectivity index is 2.41. The largest absolute Gasteiger partial charge is 0.330 e. The van der Waals surface area contributed by atoms with Crippen LogP contribution in [0.5, 0.6) is 0 Å². The Morgan fingerprint density at radius 1 is 1.24 bits per heavy atom. The van der Waals surface area contributed by atoms with Crippen LogP contribution in [-0.2, 0) is 6.42 Å². The Morgan fingerprint density at radius 3 is 2.53 bits per heavy atom. The predicted octanol–water partition coefficient (Wildman–Crippen LogP) is 2.63. The monoisotopic (exact) mass is 238 g/mol. The van der Waals surface area contributed by atoms with Crippen LogP contribution in [0.4, 0.5) is 0 Å². The molecule has 0 aliphatic carbocycles. The van der Waals surface area contributed by atoms with E-state index in [2.05, 4.69) is 36.0 Å². The smallest absolute Gasteiger partial charge is 0.153 e. The van der Waals surface area contributed by atoms with Crippen molar-refractivity contribution in [3.63, 3.8) is 0 Å². The summed E-state index contributed by atoms with van der Waals surface area (Å²) in [6.45, 7) is 7.25. The van der Waals surface area contributed by atoms with Crippen molar-refractivity contribution in [2.45, 2.75) is 58.8 Å². The van der Waals surface area contributed by atoms with E-state index in [-0.39, 0.29) is 0 Å². The average Bonchev–Trinajstić information content (AvgIpc) is 2.75. The molecule has 0 bridgehead atoms. The van der Waals surface area contributed by atoms with Crippen LogP contribution in [0.1, 0.15) is 64.0 Å². The minimum atomic E-state index is 0.399. The van der Waals surface area contributed by atoms with Crippen LogP contribution in [0.25, 0.3) is 0 Å². The van der Waals surface area contributed by atoms with E-state index in [1.807, 2.05) is 0 Å². The first-order valence-corrected chi connectivity index (χ1v) is 6.78. The predicted molar refractivity (Wildman–Crippen MR) is 70.9 cm³/mol. The Morgan fingerprint density at radius 2 is 2.00 bits per heavy atom. The van der Waals surface area contributed by atoms with Crippen molar-refractivity contribution in [3.8, 4) is 0 Å². The Kier molecular flexibility index (Phi) is 6.19. The molecule has 0 spiro atoms. The van der Waals surface area contributed by atoms with Crippen molar-refractivity contribution in [1.82, 2.24) is 15.2 Å². The zero-order chi connectivity index (χ0) is 12.7. The van der Waals surface area contributed by atoms with Crippen LogP contribution in [0.3, 0.4) is 0 Å². The van der Waals surface area contributed by atoms with E-state index in [9.17, 15) is 0 Å². The molecule has 0 radical (unpaired) electrons. The minimum Gasteiger partial charge on any atom is -0.330 e. The van der Waals surface area contributed by atoms with Gasteiger partial charge in [-0.3, -0.25) is 5.10 Å². The van der Waals surface area contributed by atoms with Gasteiger partial charge in [0.2, 0.25) is 0 Å². The molecular formula is C13H26N4. The Hall–Kier alpha value is -0.900. The van der Waals surface area contributed by atoms with Gasteiger partial charge in [-0.25, -0.2) is 4.98 Å². The second-order valence-electron chi connectivity index (χ2n) is 5.07. The molecule has 17 heavy (non-hydrogen) atoms. The highest BCUT2D eigenvalue weighted by Gasteiger charge is 2.10. The molecule has 1 aromatic heterocycles. The van der Waals surface area contributed by atoms with Gasteiger partial charge in [-0.05, 0) is 25.3 Å². The third-order valence-electron chi connectivity index (χ3n) is 3.13. The van der Waals surface area contributed by atoms with E-state index in [0.29, 0.717) is 5.92 Å². The van der Waals surface area contributed by atoms with Crippen LogP contribution >= 0.6 is 0 Å². The molecule has 0 fully saturated rings. The fourth-order valence-corrected chi connectivity index (χ4v) is 2.10. The van der Waals surface area contributed by atoms with E-state index in [1.54, 1.807) is 0 Å². The van der Waals surface area contributed by atoms with E-state index >= 15 is 0 Å². The van der Waals surface area contributed by atoms with Crippen molar-refractivity contribution < 1.29 is 0 Å². The highest BCUT2D eigenvalue weighted by atomic mass is 15.2. The Labute approximate surface area is 104 Å². The number of hydrogen-bond donors (Lipinski definition) is 2. The average molecular weight is 238 g/mol. The molecule has 1 heterocycles. The number of H-pyrrole nitrogens is 1. The lowest BCUT2D eigenvalue weighted by molar-refractivity contribution is 0.417. The number of rotatable bonds is 8. The normalized spacial score (nSPS) is 13.2. The molecule has 0 amide bonds. The molecule has 98 valence electrons. The third-order valence-corrected chi connectivity index (χ3v) is 3.13. The molecule has 0 aliphatic rings. The minimum absolute atomic E-state index is 0.399. The molecule has 1 atom stereocenters. The quantitative estimate of drug-likeness (QED) is 0.731. The first-order valence-electron chi connectivity index (χ1n) is 6.78. The van der Waals surface area contributed by atoms with Gasteiger partial charge >= 0.3 is 0 Å². The highest BCUT2D eigenvalue weighted by Crippen LogP contribution is 2.17. The summed E-state index contributed by atoms with van der Waals surface area (Å²) >= 11 is 0. The standard InChI is InChI=1S/C13H26N4/c1-4-5-11(8-9-14)6-7-12-15-13(10(2)3)17-16-12/h10-11H,4-9,14H2,1-3H3,(H,15,16,17). The van der Waals surface area contributed by atoms with Gasteiger partial charge < -0.3 is 5.73 Å². The first kappa shape index (κ1) is 14.2. The van der Waals surface area contributed by atoms with Crippen molar-refractivity contribution in [2.75, 3.05) is 6.54 Å². The summed E-state index contributed by atoms with van der Waals surface area (Å²) in [6, 6.07) is 0. The van der Waals surface area contributed by atoms with Gasteiger partial charge in [-0.2, -0.15) is 5.10 Å². The number of aromatic nitrogens is 3. The molecular weight excluding hydrogens is 212 g/mol. The lowest BCUT2D eigenvalue weighted by Gasteiger charge is -2.13. The zero-order valence-electron chi connectivity index (χ0n) is 11.4. The van der Waals surface area contributed by atoms with Crippen molar-refractivity contribution in [1.29, 1.82) is 0 Å². The summed E-state index contributed by atoms with van der Waals surface area (Å²) in [4.78, 5) is 4.50. The van der Waals surface area contributed by atoms with E-state index in [0.717, 1.165) is 43.4 Å². The topological polar surface area (TPSA) is 67.6 Å². The maximum Gasteiger partial charge on any atom is 0.153 e. The van der Waals surface area contributed by atoms with E-state index in [4.69, 9.17) is 5.73 Å². The molecule has 4 heteroatoms. The zero-order valence-corrected chi connectivity index (χ0v) is 11.4. The van der Waals surface area contributed by atoms with Crippen molar-refractivity contribution in [2.24, 2.45) is 11.7 Å². The lowest BCUT2D eigenvalue weighted by Crippen LogP contribution is -2.10. The summed E-state index contributed by atoms with van der Waals surface area (Å²) < 4.78 is 0. The van der Waals surface area contributed by atoms with E-state index in [1.165, 1.54) is 12.8 Å². The summed E-state index contributed by atoms with van der Waals surface area (Å²) in [5.41, 5.74) is 5.64. The summed E-state index contributed by atoms with van der Waals surface area (Å²) in [6.07, 6.45) is 5.78. The van der Waals surface area contributed by atoms with Gasteiger partial charge in [0.1, 0.15) is 5.82 Å². The molecule has 0 aromatic carbocycles. The van der Waals surface area contributed by atoms with Gasteiger partial charge in [-0.15, -0.1) is 0 Å². The number of hydrogen-bond acceptors (Lipinski definition) is 3. The first-order chi connectivity index (χ1) is 8.17. The molecule has 0 saturated carbocycles. The van der Waals surface area contributed by atoms with Gasteiger partial charge in [-0.1, -0.05) is 33.6 Å². The van der Waals surface area contributed by atoms with Crippen LogP contribution < -0.4 is 5.73 Å². The number of aryl methyl sites for hydroxylation is 1. The van der Waals surface area contributed by atoms with Gasteiger partial charge in [0, 0.05) is 12.3 Å². The molecule has 0 aliphatic heterocycles. The number of aromatic amines is 1. The van der Waals surface area contributed by atoms with Gasteiger partial charge in [0.05, 0.1) is 0 Å². The fraction of sp³-hybridized carbons (Fsp3) is 0.846. The molecule has 3 N–H and O–H groups in total. The van der Waals surface area contributed by atoms with Gasteiger partial charge in [0.15, 0.2) is 5.82 Å². The number of nitrogens with zero attached hydrogens (tertiary/aromatic N) is 2. The van der Waals surface area contributed by atoms with Crippen molar-refractivity contribution >= 4 is 0 Å². The summed E-state index contributed by atoms with van der Waals surface area (Å²) in [5, 5.41) is 7.26. The second-order valence-corrected chi connectivity index (χ2v) is 5.07. The molecule has 0 saturated heterocycles. The number of nitrogens with two attached hydrogens (primary N) is 1. The Bertz CT molecular complexity index is 300. The third kappa shape index (κ3) is 4.86. The van der Waals surface area contributed by atoms with Crippen LogP contribution in [0.2, 0.25) is 0 Å². The summed E-state index contributed by atoms with van der Waals surface area (Å²) in [7, 11) is 0.